The first-order valence-corrected chi connectivity index (χ1v) is 7.46. The standard InChI is InChI=1S/C13H11F3N2O3S/c14-13(15,16)9-1-5-12(6-2-9)22(20,21)18-10-3-4-11(8-19)17-7-10/h1-7,18-19H,8H2. The molecule has 2 aromatic rings. The van der Waals surface area contributed by atoms with Gasteiger partial charge in [-0.05, 0) is 36.4 Å². The number of halogens is 3. The Kier molecular flexibility index (Phi) is 4.38. The van der Waals surface area contributed by atoms with Gasteiger partial charge < -0.3 is 5.11 Å². The van der Waals surface area contributed by atoms with Crippen molar-refractivity contribution in [1.29, 1.82) is 0 Å². The Hall–Kier alpha value is -2.13. The summed E-state index contributed by atoms with van der Waals surface area (Å²) in [5.41, 5.74) is -0.435. The molecular formula is C13H11F3N2O3S. The van der Waals surface area contributed by atoms with Crippen molar-refractivity contribution in [2.45, 2.75) is 17.7 Å². The second-order valence-electron chi connectivity index (χ2n) is 4.32. The van der Waals surface area contributed by atoms with Crippen molar-refractivity contribution in [3.05, 3.63) is 53.9 Å². The predicted octanol–water partition coefficient (Wildman–Crippen LogP) is 2.39. The molecule has 1 aromatic heterocycles. The van der Waals surface area contributed by atoms with Crippen LogP contribution < -0.4 is 4.72 Å². The summed E-state index contributed by atoms with van der Waals surface area (Å²) in [6.07, 6.45) is -3.33. The van der Waals surface area contributed by atoms with Crippen LogP contribution in [0.3, 0.4) is 0 Å². The number of sulfonamides is 1. The third-order valence-electron chi connectivity index (χ3n) is 2.73. The van der Waals surface area contributed by atoms with Crippen molar-refractivity contribution in [1.82, 2.24) is 4.98 Å². The average molecular weight is 332 g/mol. The number of nitrogens with one attached hydrogen (secondary N) is 1. The Morgan fingerprint density at radius 2 is 1.73 bits per heavy atom. The van der Waals surface area contributed by atoms with Crippen LogP contribution in [0, 0.1) is 0 Å². The van der Waals surface area contributed by atoms with Crippen LogP contribution in [-0.2, 0) is 22.8 Å². The SMILES string of the molecule is O=S(=O)(Nc1ccc(CO)nc1)c1ccc(C(F)(F)F)cc1. The molecule has 0 aliphatic rings. The smallest absolute Gasteiger partial charge is 0.390 e. The molecule has 118 valence electrons. The quantitative estimate of drug-likeness (QED) is 0.901. The minimum Gasteiger partial charge on any atom is -0.390 e. The maximum atomic E-state index is 12.4. The van der Waals surface area contributed by atoms with Gasteiger partial charge in [0.1, 0.15) is 0 Å². The molecule has 22 heavy (non-hydrogen) atoms. The van der Waals surface area contributed by atoms with Crippen molar-refractivity contribution in [2.75, 3.05) is 4.72 Å². The van der Waals surface area contributed by atoms with Crippen molar-refractivity contribution < 1.29 is 26.7 Å². The van der Waals surface area contributed by atoms with Crippen LogP contribution in [0.25, 0.3) is 0 Å². The number of pyridine rings is 1. The van der Waals surface area contributed by atoms with Crippen LogP contribution >= 0.6 is 0 Å². The van der Waals surface area contributed by atoms with E-state index in [2.05, 4.69) is 9.71 Å². The van der Waals surface area contributed by atoms with Crippen LogP contribution in [0.1, 0.15) is 11.3 Å². The van der Waals surface area contributed by atoms with E-state index in [9.17, 15) is 21.6 Å². The zero-order valence-electron chi connectivity index (χ0n) is 11.0. The van der Waals surface area contributed by atoms with Gasteiger partial charge in [-0.25, -0.2) is 8.42 Å². The van der Waals surface area contributed by atoms with Gasteiger partial charge in [0.15, 0.2) is 0 Å². The summed E-state index contributed by atoms with van der Waals surface area (Å²) in [5, 5.41) is 8.84. The van der Waals surface area contributed by atoms with Gasteiger partial charge in [0.25, 0.3) is 10.0 Å². The Morgan fingerprint density at radius 1 is 1.09 bits per heavy atom. The molecule has 0 spiro atoms. The van der Waals surface area contributed by atoms with E-state index >= 15 is 0 Å². The monoisotopic (exact) mass is 332 g/mol. The number of hydrogen-bond acceptors (Lipinski definition) is 4. The lowest BCUT2D eigenvalue weighted by atomic mass is 10.2. The first-order valence-electron chi connectivity index (χ1n) is 5.98. The summed E-state index contributed by atoms with van der Waals surface area (Å²) in [6, 6.07) is 5.95. The number of anilines is 1. The molecule has 0 amide bonds. The van der Waals surface area contributed by atoms with Crippen LogP contribution in [-0.4, -0.2) is 18.5 Å². The lowest BCUT2D eigenvalue weighted by Gasteiger charge is -2.10. The zero-order chi connectivity index (χ0) is 16.4. The molecule has 0 aliphatic carbocycles. The topological polar surface area (TPSA) is 79.3 Å². The van der Waals surface area contributed by atoms with E-state index < -0.39 is 21.8 Å². The van der Waals surface area contributed by atoms with Crippen LogP contribution in [0.4, 0.5) is 18.9 Å². The molecule has 1 heterocycles. The number of aromatic nitrogens is 1. The van der Waals surface area contributed by atoms with Gasteiger partial charge in [-0.3, -0.25) is 9.71 Å². The highest BCUT2D eigenvalue weighted by Crippen LogP contribution is 2.29. The Morgan fingerprint density at radius 3 is 2.18 bits per heavy atom. The minimum absolute atomic E-state index is 0.136. The molecule has 0 atom stereocenters. The van der Waals surface area contributed by atoms with Crippen LogP contribution in [0.15, 0.2) is 47.5 Å². The fraction of sp³-hybridized carbons (Fsp3) is 0.154. The van der Waals surface area contributed by atoms with E-state index in [0.29, 0.717) is 17.8 Å². The molecule has 2 rings (SSSR count). The molecule has 0 unspecified atom stereocenters. The number of rotatable bonds is 4. The number of benzene rings is 1. The molecule has 0 saturated carbocycles. The summed E-state index contributed by atoms with van der Waals surface area (Å²) in [7, 11) is -4.02. The molecule has 0 bridgehead atoms. The van der Waals surface area contributed by atoms with E-state index in [4.69, 9.17) is 5.11 Å². The first-order chi connectivity index (χ1) is 10.2. The molecule has 0 radical (unpaired) electrons. The lowest BCUT2D eigenvalue weighted by molar-refractivity contribution is -0.137. The Labute approximate surface area is 124 Å². The van der Waals surface area contributed by atoms with Gasteiger partial charge in [-0.15, -0.1) is 0 Å². The third kappa shape index (κ3) is 3.74. The average Bonchev–Trinajstić information content (AvgIpc) is 2.47. The highest BCUT2D eigenvalue weighted by molar-refractivity contribution is 7.92. The first kappa shape index (κ1) is 16.2. The highest BCUT2D eigenvalue weighted by Gasteiger charge is 2.30. The molecule has 0 saturated heterocycles. The number of nitrogens with zero attached hydrogens (tertiary/aromatic N) is 1. The van der Waals surface area contributed by atoms with Gasteiger partial charge >= 0.3 is 6.18 Å². The van der Waals surface area contributed by atoms with Crippen molar-refractivity contribution >= 4 is 15.7 Å². The second-order valence-corrected chi connectivity index (χ2v) is 6.01. The minimum atomic E-state index is -4.53. The van der Waals surface area contributed by atoms with E-state index in [1.165, 1.54) is 18.3 Å². The van der Waals surface area contributed by atoms with E-state index in [1.54, 1.807) is 0 Å². The maximum absolute atomic E-state index is 12.4. The largest absolute Gasteiger partial charge is 0.416 e. The van der Waals surface area contributed by atoms with Crippen LogP contribution in [0.2, 0.25) is 0 Å². The zero-order valence-corrected chi connectivity index (χ0v) is 11.8. The van der Waals surface area contributed by atoms with E-state index in [0.717, 1.165) is 12.1 Å². The number of aliphatic hydroxyl groups excluding tert-OH is 1. The van der Waals surface area contributed by atoms with Crippen molar-refractivity contribution in [2.24, 2.45) is 0 Å². The second kappa shape index (κ2) is 5.93. The van der Waals surface area contributed by atoms with Gasteiger partial charge in [0.05, 0.1) is 34.6 Å². The number of alkyl halides is 3. The fourth-order valence-corrected chi connectivity index (χ4v) is 2.66. The molecule has 1 aromatic carbocycles. The lowest BCUT2D eigenvalue weighted by Crippen LogP contribution is -2.14. The van der Waals surface area contributed by atoms with Crippen LogP contribution in [0.5, 0.6) is 0 Å². The summed E-state index contributed by atoms with van der Waals surface area (Å²) in [6.45, 7) is -0.286. The summed E-state index contributed by atoms with van der Waals surface area (Å²) >= 11 is 0. The van der Waals surface area contributed by atoms with Crippen molar-refractivity contribution in [3.63, 3.8) is 0 Å². The Balaban J connectivity index is 2.22. The molecule has 0 fully saturated rings. The highest BCUT2D eigenvalue weighted by atomic mass is 32.2. The molecule has 9 heteroatoms. The maximum Gasteiger partial charge on any atom is 0.416 e. The molecular weight excluding hydrogens is 321 g/mol. The van der Waals surface area contributed by atoms with E-state index in [-0.39, 0.29) is 17.2 Å². The van der Waals surface area contributed by atoms with Gasteiger partial charge in [-0.1, -0.05) is 0 Å². The normalized spacial score (nSPS) is 12.2. The summed E-state index contributed by atoms with van der Waals surface area (Å²) in [4.78, 5) is 3.50. The van der Waals surface area contributed by atoms with Gasteiger partial charge in [-0.2, -0.15) is 13.2 Å². The molecule has 5 nitrogen and oxygen atoms in total. The number of hydrogen-bond donors (Lipinski definition) is 2. The van der Waals surface area contributed by atoms with Gasteiger partial charge in [0.2, 0.25) is 0 Å². The van der Waals surface area contributed by atoms with E-state index in [1.807, 2.05) is 0 Å². The Bertz CT molecular complexity index is 742. The predicted molar refractivity (Wildman–Crippen MR) is 72.4 cm³/mol. The molecule has 0 aliphatic heterocycles. The summed E-state index contributed by atoms with van der Waals surface area (Å²) < 4.78 is 63.6. The summed E-state index contributed by atoms with van der Waals surface area (Å²) in [5.74, 6) is 0. The van der Waals surface area contributed by atoms with Gasteiger partial charge in [0, 0.05) is 0 Å². The fourth-order valence-electron chi connectivity index (χ4n) is 1.62. The number of aliphatic hydroxyl groups is 1. The third-order valence-corrected chi connectivity index (χ3v) is 4.13. The molecule has 2 N–H and O–H groups in total. The van der Waals surface area contributed by atoms with Crippen molar-refractivity contribution in [3.8, 4) is 0 Å².